The van der Waals surface area contributed by atoms with Gasteiger partial charge in [-0.15, -0.1) is 0 Å². The lowest BCUT2D eigenvalue weighted by atomic mass is 9.83. The van der Waals surface area contributed by atoms with Gasteiger partial charge in [-0.05, 0) is 40.8 Å². The van der Waals surface area contributed by atoms with Gasteiger partial charge in [0.25, 0.3) is 0 Å². The van der Waals surface area contributed by atoms with Gasteiger partial charge in [0.15, 0.2) is 0 Å². The Morgan fingerprint density at radius 3 is 1.96 bits per heavy atom. The average Bonchev–Trinajstić information content (AvgIpc) is 2.70. The molecule has 128 valence electrons. The van der Waals surface area contributed by atoms with Crippen LogP contribution in [0.4, 0.5) is 5.69 Å². The summed E-state index contributed by atoms with van der Waals surface area (Å²) in [5.41, 5.74) is 6.14. The fraction of sp³-hybridized carbons (Fsp3) is 0.120. The van der Waals surface area contributed by atoms with Gasteiger partial charge in [-0.2, -0.15) is 0 Å². The van der Waals surface area contributed by atoms with Crippen molar-refractivity contribution in [1.29, 1.82) is 0 Å². The van der Waals surface area contributed by atoms with Crippen LogP contribution >= 0.6 is 0 Å². The van der Waals surface area contributed by atoms with E-state index in [0.29, 0.717) is 11.8 Å². The van der Waals surface area contributed by atoms with Crippen LogP contribution in [0.1, 0.15) is 18.4 Å². The molecule has 1 heteroatoms. The predicted octanol–water partition coefficient (Wildman–Crippen LogP) is 6.64. The van der Waals surface area contributed by atoms with Crippen molar-refractivity contribution in [2.24, 2.45) is 5.92 Å². The Kier molecular flexibility index (Phi) is 4.70. The number of rotatable bonds is 4. The predicted molar refractivity (Wildman–Crippen MR) is 111 cm³/mol. The van der Waals surface area contributed by atoms with E-state index in [1.807, 2.05) is 6.07 Å². The highest BCUT2D eigenvalue weighted by Crippen LogP contribution is 2.32. The number of benzene rings is 3. The Hall–Kier alpha value is -3.06. The molecule has 0 aliphatic heterocycles. The molecule has 1 nitrogen and oxygen atoms in total. The molecule has 0 aromatic heterocycles. The minimum absolute atomic E-state index is 0.446. The third-order valence-corrected chi connectivity index (χ3v) is 4.96. The summed E-state index contributed by atoms with van der Waals surface area (Å²) < 4.78 is 0. The van der Waals surface area contributed by atoms with E-state index in [-0.39, 0.29) is 0 Å². The first-order valence-corrected chi connectivity index (χ1v) is 9.17. The van der Waals surface area contributed by atoms with Crippen molar-refractivity contribution in [3.63, 3.8) is 0 Å². The van der Waals surface area contributed by atoms with Crippen molar-refractivity contribution >= 4 is 5.69 Å². The fourth-order valence-corrected chi connectivity index (χ4v) is 3.54. The van der Waals surface area contributed by atoms with Gasteiger partial charge >= 0.3 is 0 Å². The van der Waals surface area contributed by atoms with E-state index in [1.165, 1.54) is 16.7 Å². The Bertz CT molecular complexity index is 905. The zero-order valence-corrected chi connectivity index (χ0v) is 15.0. The Morgan fingerprint density at radius 1 is 0.692 bits per heavy atom. The van der Waals surface area contributed by atoms with Crippen LogP contribution in [-0.2, 0) is 0 Å². The van der Waals surface area contributed by atoms with Crippen molar-refractivity contribution in [2.75, 3.05) is 5.32 Å². The first-order valence-electron chi connectivity index (χ1n) is 9.17. The van der Waals surface area contributed by atoms with Crippen molar-refractivity contribution in [2.45, 2.75) is 12.8 Å². The largest absolute Gasteiger partial charge is 0.356 e. The summed E-state index contributed by atoms with van der Waals surface area (Å²) in [6.07, 6.45) is 6.83. The lowest BCUT2D eigenvalue weighted by Gasteiger charge is -2.24. The molecular weight excluding hydrogens is 314 g/mol. The van der Waals surface area contributed by atoms with Crippen LogP contribution < -0.4 is 5.32 Å². The molecule has 26 heavy (non-hydrogen) atoms. The fourth-order valence-electron chi connectivity index (χ4n) is 3.54. The minimum Gasteiger partial charge on any atom is -0.356 e. The summed E-state index contributed by atoms with van der Waals surface area (Å²) in [6, 6.07) is 29.8. The highest BCUT2D eigenvalue weighted by Gasteiger charge is 2.18. The molecule has 0 spiro atoms. The summed E-state index contributed by atoms with van der Waals surface area (Å²) >= 11 is 0. The lowest BCUT2D eigenvalue weighted by molar-refractivity contribution is 0.630. The quantitative estimate of drug-likeness (QED) is 0.563. The second-order valence-corrected chi connectivity index (χ2v) is 6.85. The minimum atomic E-state index is 0.446. The molecule has 0 saturated heterocycles. The van der Waals surface area contributed by atoms with Crippen LogP contribution in [0, 0.1) is 5.92 Å². The maximum absolute atomic E-state index is 3.54. The normalized spacial score (nSPS) is 19.0. The average molecular weight is 337 g/mol. The monoisotopic (exact) mass is 337 g/mol. The smallest absolute Gasteiger partial charge is 0.0384 e. The van der Waals surface area contributed by atoms with Gasteiger partial charge in [-0.25, -0.2) is 0 Å². The van der Waals surface area contributed by atoms with E-state index in [0.717, 1.165) is 11.4 Å². The van der Waals surface area contributed by atoms with Crippen LogP contribution in [0.3, 0.4) is 0 Å². The number of nitrogens with one attached hydrogen (secondary N) is 1. The van der Waals surface area contributed by atoms with Gasteiger partial charge in [0.05, 0.1) is 0 Å². The van der Waals surface area contributed by atoms with Gasteiger partial charge in [0.1, 0.15) is 0 Å². The molecule has 0 saturated carbocycles. The second-order valence-electron chi connectivity index (χ2n) is 6.85. The first-order chi connectivity index (χ1) is 12.8. The number of hydrogen-bond donors (Lipinski definition) is 1. The maximum Gasteiger partial charge on any atom is 0.0384 e. The molecule has 1 aliphatic rings. The van der Waals surface area contributed by atoms with Crippen LogP contribution in [0.5, 0.6) is 0 Å². The van der Waals surface area contributed by atoms with Crippen LogP contribution in [0.15, 0.2) is 109 Å². The topological polar surface area (TPSA) is 12.0 Å². The summed E-state index contributed by atoms with van der Waals surface area (Å²) in [7, 11) is 0. The molecule has 0 amide bonds. The van der Waals surface area contributed by atoms with Gasteiger partial charge in [-0.1, -0.05) is 91.9 Å². The summed E-state index contributed by atoms with van der Waals surface area (Å²) in [6.45, 7) is 2.28. The zero-order valence-electron chi connectivity index (χ0n) is 15.0. The van der Waals surface area contributed by atoms with E-state index in [1.54, 1.807) is 0 Å². The molecule has 0 radical (unpaired) electrons. The third-order valence-electron chi connectivity index (χ3n) is 4.96. The summed E-state index contributed by atoms with van der Waals surface area (Å²) in [5.74, 6) is 0.913. The van der Waals surface area contributed by atoms with E-state index in [2.05, 4.69) is 109 Å². The van der Waals surface area contributed by atoms with Crippen molar-refractivity contribution in [3.8, 4) is 11.1 Å². The summed E-state index contributed by atoms with van der Waals surface area (Å²) in [4.78, 5) is 0. The van der Waals surface area contributed by atoms with Crippen LogP contribution in [-0.4, -0.2) is 0 Å². The Labute approximate surface area is 155 Å². The van der Waals surface area contributed by atoms with Gasteiger partial charge in [-0.3, -0.25) is 0 Å². The highest BCUT2D eigenvalue weighted by atomic mass is 14.9. The molecule has 1 N–H and O–H groups in total. The van der Waals surface area contributed by atoms with Gasteiger partial charge in [0, 0.05) is 17.3 Å². The van der Waals surface area contributed by atoms with Crippen molar-refractivity contribution < 1.29 is 0 Å². The van der Waals surface area contributed by atoms with Crippen LogP contribution in [0.25, 0.3) is 11.1 Å². The SMILES string of the molecule is CC1C=C(Nc2ccc(-c3ccccc3)cc2)C=CC1c1ccccc1. The molecule has 4 rings (SSSR count). The van der Waals surface area contributed by atoms with Gasteiger partial charge in [0.2, 0.25) is 0 Å². The third kappa shape index (κ3) is 3.62. The number of anilines is 1. The molecule has 2 atom stereocenters. The van der Waals surface area contributed by atoms with Crippen molar-refractivity contribution in [1.82, 2.24) is 0 Å². The number of hydrogen-bond acceptors (Lipinski definition) is 1. The van der Waals surface area contributed by atoms with E-state index < -0.39 is 0 Å². The van der Waals surface area contributed by atoms with Crippen LogP contribution in [0.2, 0.25) is 0 Å². The highest BCUT2D eigenvalue weighted by molar-refractivity contribution is 5.66. The Morgan fingerprint density at radius 2 is 1.31 bits per heavy atom. The molecule has 1 aliphatic carbocycles. The maximum atomic E-state index is 3.54. The first kappa shape index (κ1) is 16.4. The van der Waals surface area contributed by atoms with E-state index >= 15 is 0 Å². The van der Waals surface area contributed by atoms with E-state index in [4.69, 9.17) is 0 Å². The molecule has 2 unspecified atom stereocenters. The Balaban J connectivity index is 1.46. The van der Waals surface area contributed by atoms with E-state index in [9.17, 15) is 0 Å². The van der Waals surface area contributed by atoms with Gasteiger partial charge < -0.3 is 5.32 Å². The second kappa shape index (κ2) is 7.45. The molecule has 3 aromatic rings. The molecule has 3 aromatic carbocycles. The molecular formula is C25H23N. The van der Waals surface area contributed by atoms with Crippen molar-refractivity contribution in [3.05, 3.63) is 114 Å². The number of allylic oxidation sites excluding steroid dienone is 3. The zero-order chi connectivity index (χ0) is 17.8. The molecule has 0 bridgehead atoms. The summed E-state index contributed by atoms with van der Waals surface area (Å²) in [5, 5.41) is 3.54. The lowest BCUT2D eigenvalue weighted by Crippen LogP contribution is -2.12. The molecule has 0 fully saturated rings. The molecule has 0 heterocycles. The standard InChI is InChI=1S/C25H23N/c1-19-18-24(16-17-25(19)22-10-6-3-7-11-22)26-23-14-12-21(13-15-23)20-8-4-2-5-9-20/h2-19,25-26H,1H3.